The lowest BCUT2D eigenvalue weighted by molar-refractivity contribution is 0.00246. The molecular weight excluding hydrogens is 210 g/mol. The molecule has 4 heteroatoms. The van der Waals surface area contributed by atoms with Gasteiger partial charge in [-0.15, -0.1) is 0 Å². The molecule has 1 unspecified atom stereocenters. The second-order valence-corrected chi connectivity index (χ2v) is 5.10. The summed E-state index contributed by atoms with van der Waals surface area (Å²) in [6, 6.07) is -0.560. The topological polar surface area (TPSA) is 15.3 Å². The number of hydrogen-bond acceptors (Lipinski definition) is 2. The Balaban J connectivity index is 1.85. The third kappa shape index (κ3) is 3.14. The fourth-order valence-corrected chi connectivity index (χ4v) is 2.94. The molecule has 2 fully saturated rings. The molecule has 0 bridgehead atoms. The van der Waals surface area contributed by atoms with Crippen molar-refractivity contribution in [2.24, 2.45) is 5.92 Å². The van der Waals surface area contributed by atoms with E-state index in [9.17, 15) is 8.78 Å². The van der Waals surface area contributed by atoms with Gasteiger partial charge in [0.2, 0.25) is 0 Å². The SMILES string of the molecule is FC(F)C1CNCCN1CC1CCCCC1. The molecule has 2 aliphatic rings. The van der Waals surface area contributed by atoms with E-state index in [0.29, 0.717) is 12.5 Å². The molecular formula is C12H22F2N2. The van der Waals surface area contributed by atoms with Gasteiger partial charge in [0.1, 0.15) is 0 Å². The fraction of sp³-hybridized carbons (Fsp3) is 1.00. The van der Waals surface area contributed by atoms with Crippen molar-refractivity contribution < 1.29 is 8.78 Å². The Kier molecular flexibility index (Phi) is 4.53. The first kappa shape index (κ1) is 12.2. The number of nitrogens with zero attached hydrogens (tertiary/aromatic N) is 1. The molecule has 1 saturated carbocycles. The molecule has 1 aliphatic carbocycles. The zero-order valence-electron chi connectivity index (χ0n) is 9.80. The van der Waals surface area contributed by atoms with Crippen molar-refractivity contribution >= 4 is 0 Å². The number of rotatable bonds is 3. The summed E-state index contributed by atoms with van der Waals surface area (Å²) in [4.78, 5) is 2.01. The Morgan fingerprint density at radius 3 is 2.62 bits per heavy atom. The highest BCUT2D eigenvalue weighted by atomic mass is 19.3. The highest BCUT2D eigenvalue weighted by Gasteiger charge is 2.31. The minimum Gasteiger partial charge on any atom is -0.314 e. The van der Waals surface area contributed by atoms with Crippen LogP contribution in [0.3, 0.4) is 0 Å². The summed E-state index contributed by atoms with van der Waals surface area (Å²) in [6.07, 6.45) is 4.17. The van der Waals surface area contributed by atoms with Crippen LogP contribution < -0.4 is 5.32 Å². The van der Waals surface area contributed by atoms with Crippen LogP contribution in [0, 0.1) is 5.92 Å². The van der Waals surface area contributed by atoms with Crippen LogP contribution >= 0.6 is 0 Å². The van der Waals surface area contributed by atoms with Crippen LogP contribution in [-0.2, 0) is 0 Å². The summed E-state index contributed by atoms with van der Waals surface area (Å²) in [7, 11) is 0. The maximum atomic E-state index is 12.8. The van der Waals surface area contributed by atoms with Crippen molar-refractivity contribution in [3.8, 4) is 0 Å². The first-order valence-electron chi connectivity index (χ1n) is 6.50. The molecule has 1 N–H and O–H groups in total. The van der Waals surface area contributed by atoms with Crippen LogP contribution in [0.1, 0.15) is 32.1 Å². The normalized spacial score (nSPS) is 29.8. The molecule has 2 nitrogen and oxygen atoms in total. The highest BCUT2D eigenvalue weighted by molar-refractivity contribution is 4.83. The van der Waals surface area contributed by atoms with E-state index in [0.717, 1.165) is 19.6 Å². The van der Waals surface area contributed by atoms with Crippen LogP contribution in [0.15, 0.2) is 0 Å². The summed E-state index contributed by atoms with van der Waals surface area (Å²) in [6.45, 7) is 2.97. The maximum absolute atomic E-state index is 12.8. The van der Waals surface area contributed by atoms with Crippen LogP contribution in [0.25, 0.3) is 0 Å². The van der Waals surface area contributed by atoms with Gasteiger partial charge in [-0.25, -0.2) is 8.78 Å². The van der Waals surface area contributed by atoms with Crippen molar-refractivity contribution in [2.45, 2.75) is 44.6 Å². The smallest absolute Gasteiger partial charge is 0.255 e. The van der Waals surface area contributed by atoms with E-state index in [2.05, 4.69) is 5.32 Å². The van der Waals surface area contributed by atoms with Gasteiger partial charge in [-0.1, -0.05) is 19.3 Å². The van der Waals surface area contributed by atoms with Gasteiger partial charge >= 0.3 is 0 Å². The Morgan fingerprint density at radius 2 is 1.94 bits per heavy atom. The van der Waals surface area contributed by atoms with Gasteiger partial charge in [0.15, 0.2) is 0 Å². The lowest BCUT2D eigenvalue weighted by Gasteiger charge is -2.38. The standard InChI is InChI=1S/C12H22F2N2/c13-12(14)11-8-15-6-7-16(11)9-10-4-2-1-3-5-10/h10-12,15H,1-9H2. The first-order valence-corrected chi connectivity index (χ1v) is 6.50. The van der Waals surface area contributed by atoms with Crippen LogP contribution in [-0.4, -0.2) is 43.5 Å². The molecule has 0 amide bonds. The van der Waals surface area contributed by atoms with E-state index in [-0.39, 0.29) is 0 Å². The molecule has 0 radical (unpaired) electrons. The van der Waals surface area contributed by atoms with Gasteiger partial charge in [0, 0.05) is 26.2 Å². The number of halogens is 2. The third-order valence-corrected chi connectivity index (χ3v) is 3.91. The minimum absolute atomic E-state index is 0.449. The summed E-state index contributed by atoms with van der Waals surface area (Å²) in [5, 5.41) is 3.06. The maximum Gasteiger partial charge on any atom is 0.255 e. The van der Waals surface area contributed by atoms with Crippen LogP contribution in [0.5, 0.6) is 0 Å². The van der Waals surface area contributed by atoms with E-state index in [4.69, 9.17) is 0 Å². The number of piperazine rings is 1. The second kappa shape index (κ2) is 5.92. The van der Waals surface area contributed by atoms with E-state index >= 15 is 0 Å². The lowest BCUT2D eigenvalue weighted by Crippen LogP contribution is -2.55. The largest absolute Gasteiger partial charge is 0.314 e. The average molecular weight is 232 g/mol. The van der Waals surface area contributed by atoms with Gasteiger partial charge in [-0.05, 0) is 18.8 Å². The zero-order valence-corrected chi connectivity index (χ0v) is 9.80. The third-order valence-electron chi connectivity index (χ3n) is 3.91. The summed E-state index contributed by atoms with van der Waals surface area (Å²) >= 11 is 0. The molecule has 2 rings (SSSR count). The molecule has 0 aromatic heterocycles. The van der Waals surface area contributed by atoms with Gasteiger partial charge < -0.3 is 5.32 Å². The summed E-state index contributed by atoms with van der Waals surface area (Å²) < 4.78 is 25.7. The fourth-order valence-electron chi connectivity index (χ4n) is 2.94. The van der Waals surface area contributed by atoms with E-state index < -0.39 is 12.5 Å². The van der Waals surface area contributed by atoms with E-state index in [1.807, 2.05) is 4.90 Å². The minimum atomic E-state index is -2.21. The molecule has 1 aliphatic heterocycles. The van der Waals surface area contributed by atoms with E-state index in [1.165, 1.54) is 32.1 Å². The van der Waals surface area contributed by atoms with E-state index in [1.54, 1.807) is 0 Å². The second-order valence-electron chi connectivity index (χ2n) is 5.10. The Labute approximate surface area is 96.4 Å². The van der Waals surface area contributed by atoms with Crippen LogP contribution in [0.2, 0.25) is 0 Å². The number of nitrogens with one attached hydrogen (secondary N) is 1. The number of hydrogen-bond donors (Lipinski definition) is 1. The quantitative estimate of drug-likeness (QED) is 0.801. The predicted octanol–water partition coefficient (Wildman–Crippen LogP) is 2.11. The number of alkyl halides is 2. The molecule has 0 aromatic rings. The monoisotopic (exact) mass is 232 g/mol. The van der Waals surface area contributed by atoms with Gasteiger partial charge in [0.25, 0.3) is 6.43 Å². The molecule has 0 aromatic carbocycles. The van der Waals surface area contributed by atoms with Crippen molar-refractivity contribution in [2.75, 3.05) is 26.2 Å². The Bertz CT molecular complexity index is 205. The highest BCUT2D eigenvalue weighted by Crippen LogP contribution is 2.26. The first-order chi connectivity index (χ1) is 7.77. The van der Waals surface area contributed by atoms with Crippen molar-refractivity contribution in [3.05, 3.63) is 0 Å². The molecule has 1 atom stereocenters. The van der Waals surface area contributed by atoms with Crippen molar-refractivity contribution in [1.29, 1.82) is 0 Å². The van der Waals surface area contributed by atoms with Gasteiger partial charge in [-0.3, -0.25) is 4.90 Å². The predicted molar refractivity (Wildman–Crippen MR) is 60.8 cm³/mol. The molecule has 16 heavy (non-hydrogen) atoms. The van der Waals surface area contributed by atoms with Gasteiger partial charge in [-0.2, -0.15) is 0 Å². The Hall–Kier alpha value is -0.220. The summed E-state index contributed by atoms with van der Waals surface area (Å²) in [5.74, 6) is 0.660. The van der Waals surface area contributed by atoms with Crippen molar-refractivity contribution in [3.63, 3.8) is 0 Å². The van der Waals surface area contributed by atoms with Crippen LogP contribution in [0.4, 0.5) is 8.78 Å². The molecule has 1 heterocycles. The average Bonchev–Trinajstić information content (AvgIpc) is 2.31. The van der Waals surface area contributed by atoms with Gasteiger partial charge in [0.05, 0.1) is 6.04 Å². The molecule has 1 saturated heterocycles. The van der Waals surface area contributed by atoms with Crippen molar-refractivity contribution in [1.82, 2.24) is 10.2 Å². The Morgan fingerprint density at radius 1 is 1.19 bits per heavy atom. The zero-order chi connectivity index (χ0) is 11.4. The summed E-state index contributed by atoms with van der Waals surface area (Å²) in [5.41, 5.74) is 0. The molecule has 0 spiro atoms. The lowest BCUT2D eigenvalue weighted by atomic mass is 9.88. The molecule has 94 valence electrons.